The van der Waals surface area contributed by atoms with Gasteiger partial charge in [0.05, 0.1) is 6.61 Å². The lowest BCUT2D eigenvalue weighted by atomic mass is 9.86. The summed E-state index contributed by atoms with van der Waals surface area (Å²) in [6.07, 6.45) is 14.8. The van der Waals surface area contributed by atoms with Crippen LogP contribution in [0.5, 0.6) is 0 Å². The first-order chi connectivity index (χ1) is 17.1. The molecule has 3 nitrogen and oxygen atoms in total. The Morgan fingerprint density at radius 1 is 0.657 bits per heavy atom. The maximum absolute atomic E-state index is 6.16. The van der Waals surface area contributed by atoms with E-state index in [4.69, 9.17) is 13.3 Å². The van der Waals surface area contributed by atoms with E-state index in [1.54, 1.807) is 20.3 Å². The molecule has 4 heteroatoms. The zero-order chi connectivity index (χ0) is 24.8. The van der Waals surface area contributed by atoms with Crippen LogP contribution in [0.25, 0.3) is 18.2 Å². The molecule has 0 heterocycles. The molecule has 3 rings (SSSR count). The van der Waals surface area contributed by atoms with Crippen LogP contribution in [0.4, 0.5) is 0 Å². The Hall–Kier alpha value is -3.28. The zero-order valence-corrected chi connectivity index (χ0v) is 21.5. The topological polar surface area (TPSA) is 27.7 Å². The molecule has 3 aromatic carbocycles. The zero-order valence-electron chi connectivity index (χ0n) is 20.5. The third kappa shape index (κ3) is 8.16. The molecule has 0 aliphatic carbocycles. The van der Waals surface area contributed by atoms with Crippen LogP contribution in [0.1, 0.15) is 16.7 Å². The summed E-state index contributed by atoms with van der Waals surface area (Å²) in [6, 6.07) is 31.4. The van der Waals surface area contributed by atoms with Crippen LogP contribution in [0, 0.1) is 5.41 Å². The summed E-state index contributed by atoms with van der Waals surface area (Å²) < 4.78 is 18.1. The van der Waals surface area contributed by atoms with E-state index in [2.05, 4.69) is 79.4 Å². The SMILES string of the molecule is C=CCO[Si](CC(C=Cc1ccccc1)(C=Cc1ccccc1)C=Cc1ccccc1)(OC)OC. The molecule has 0 bridgehead atoms. The van der Waals surface area contributed by atoms with Crippen LogP contribution in [0.15, 0.2) is 122 Å². The van der Waals surface area contributed by atoms with Crippen LogP contribution in [0.2, 0.25) is 6.04 Å². The quantitative estimate of drug-likeness (QED) is 0.186. The highest BCUT2D eigenvalue weighted by molar-refractivity contribution is 6.61. The fourth-order valence-electron chi connectivity index (χ4n) is 3.75. The Morgan fingerprint density at radius 2 is 1.03 bits per heavy atom. The molecular formula is C31H34O3Si. The summed E-state index contributed by atoms with van der Waals surface area (Å²) in [4.78, 5) is 0. The van der Waals surface area contributed by atoms with Gasteiger partial charge < -0.3 is 13.3 Å². The Bertz CT molecular complexity index is 981. The lowest BCUT2D eigenvalue weighted by Gasteiger charge is -2.34. The van der Waals surface area contributed by atoms with Crippen molar-refractivity contribution in [1.29, 1.82) is 0 Å². The minimum absolute atomic E-state index is 0.358. The summed E-state index contributed by atoms with van der Waals surface area (Å²) in [5.41, 5.74) is 2.81. The first-order valence-electron chi connectivity index (χ1n) is 11.7. The van der Waals surface area contributed by atoms with Gasteiger partial charge in [0.1, 0.15) is 0 Å². The van der Waals surface area contributed by atoms with Gasteiger partial charge in [-0.2, -0.15) is 0 Å². The molecule has 0 saturated heterocycles. The highest BCUT2D eigenvalue weighted by Gasteiger charge is 2.45. The van der Waals surface area contributed by atoms with Crippen molar-refractivity contribution in [2.75, 3.05) is 20.8 Å². The molecule has 3 aromatic rings. The minimum Gasteiger partial charge on any atom is -0.377 e. The normalized spacial score (nSPS) is 14.0. The predicted molar refractivity (Wildman–Crippen MR) is 150 cm³/mol. The summed E-state index contributed by atoms with van der Waals surface area (Å²) in [7, 11) is 0.279. The van der Waals surface area contributed by atoms with Gasteiger partial charge in [0.25, 0.3) is 0 Å². The first-order valence-corrected chi connectivity index (χ1v) is 13.6. The second-order valence-corrected chi connectivity index (χ2v) is 11.0. The fourth-order valence-corrected chi connectivity index (χ4v) is 6.02. The monoisotopic (exact) mass is 482 g/mol. The van der Waals surface area contributed by atoms with Crippen molar-refractivity contribution in [1.82, 2.24) is 0 Å². The summed E-state index contributed by atoms with van der Waals surface area (Å²) >= 11 is 0. The van der Waals surface area contributed by atoms with E-state index in [0.717, 1.165) is 16.7 Å². The predicted octanol–water partition coefficient (Wildman–Crippen LogP) is 7.55. The largest absolute Gasteiger partial charge is 0.502 e. The van der Waals surface area contributed by atoms with E-state index in [9.17, 15) is 0 Å². The number of allylic oxidation sites excluding steroid dienone is 3. The van der Waals surface area contributed by atoms with Gasteiger partial charge in [-0.15, -0.1) is 6.58 Å². The van der Waals surface area contributed by atoms with Gasteiger partial charge in [-0.25, -0.2) is 0 Å². The molecule has 0 amide bonds. The van der Waals surface area contributed by atoms with Crippen molar-refractivity contribution in [3.8, 4) is 0 Å². The molecular weight excluding hydrogens is 448 g/mol. The second kappa shape index (κ2) is 13.6. The molecule has 35 heavy (non-hydrogen) atoms. The molecule has 0 aliphatic rings. The first kappa shape index (κ1) is 26.3. The molecule has 0 aliphatic heterocycles. The summed E-state index contributed by atoms with van der Waals surface area (Å²) in [5.74, 6) is 0. The number of rotatable bonds is 13. The van der Waals surface area contributed by atoms with Gasteiger partial charge in [-0.1, -0.05) is 134 Å². The molecule has 180 valence electrons. The van der Waals surface area contributed by atoms with Crippen molar-refractivity contribution < 1.29 is 13.3 Å². The maximum Gasteiger partial charge on any atom is 0.502 e. The Kier molecular flexibility index (Phi) is 10.2. The standard InChI is InChI=1S/C31H34O3Si/c1-4-26-34-35(32-2,33-3)27-31(23-20-28-14-8-5-9-15-28,24-21-29-16-10-6-11-17-29)25-22-30-18-12-7-13-19-30/h4-25H,1,26-27H2,2-3H3. The lowest BCUT2D eigenvalue weighted by Crippen LogP contribution is -2.47. The number of hydrogen-bond acceptors (Lipinski definition) is 3. The van der Waals surface area contributed by atoms with Crippen LogP contribution < -0.4 is 0 Å². The van der Waals surface area contributed by atoms with E-state index in [1.165, 1.54) is 0 Å². The highest BCUT2D eigenvalue weighted by Crippen LogP contribution is 2.37. The van der Waals surface area contributed by atoms with Crippen LogP contribution in [-0.4, -0.2) is 29.6 Å². The van der Waals surface area contributed by atoms with Crippen molar-refractivity contribution in [3.05, 3.63) is 139 Å². The molecule has 0 radical (unpaired) electrons. The van der Waals surface area contributed by atoms with Crippen LogP contribution >= 0.6 is 0 Å². The highest BCUT2D eigenvalue weighted by atomic mass is 28.4. The van der Waals surface area contributed by atoms with Crippen LogP contribution in [-0.2, 0) is 13.3 Å². The van der Waals surface area contributed by atoms with Crippen LogP contribution in [0.3, 0.4) is 0 Å². The summed E-state index contributed by atoms with van der Waals surface area (Å²) in [6.45, 7) is 4.16. The van der Waals surface area contributed by atoms with Gasteiger partial charge in [-0.05, 0) is 16.7 Å². The van der Waals surface area contributed by atoms with Gasteiger partial charge in [0.2, 0.25) is 0 Å². The molecule has 0 fully saturated rings. The second-order valence-electron chi connectivity index (χ2n) is 8.21. The van der Waals surface area contributed by atoms with E-state index in [0.29, 0.717) is 12.7 Å². The number of benzene rings is 3. The fraction of sp³-hybridized carbons (Fsp3) is 0.161. The molecule has 0 saturated carbocycles. The van der Waals surface area contributed by atoms with Gasteiger partial charge in [0.15, 0.2) is 0 Å². The molecule has 0 aromatic heterocycles. The smallest absolute Gasteiger partial charge is 0.377 e. The Morgan fingerprint density at radius 3 is 1.34 bits per heavy atom. The third-order valence-corrected chi connectivity index (χ3v) is 8.62. The van der Waals surface area contributed by atoms with Crippen molar-refractivity contribution >= 4 is 27.0 Å². The third-order valence-electron chi connectivity index (χ3n) is 5.72. The average Bonchev–Trinajstić information content (AvgIpc) is 2.93. The average molecular weight is 483 g/mol. The number of hydrogen-bond donors (Lipinski definition) is 0. The van der Waals surface area contributed by atoms with Crippen molar-refractivity contribution in [2.24, 2.45) is 5.41 Å². The van der Waals surface area contributed by atoms with E-state index in [-0.39, 0.29) is 0 Å². The lowest BCUT2D eigenvalue weighted by molar-refractivity contribution is 0.105. The molecule has 0 spiro atoms. The Balaban J connectivity index is 2.12. The van der Waals surface area contributed by atoms with E-state index in [1.807, 2.05) is 54.6 Å². The van der Waals surface area contributed by atoms with E-state index < -0.39 is 14.2 Å². The van der Waals surface area contributed by atoms with E-state index >= 15 is 0 Å². The minimum atomic E-state index is -3.04. The summed E-state index contributed by atoms with van der Waals surface area (Å²) in [5, 5.41) is 0. The van der Waals surface area contributed by atoms with Crippen molar-refractivity contribution in [3.63, 3.8) is 0 Å². The Labute approximate surface area is 211 Å². The molecule has 0 unspecified atom stereocenters. The molecule has 0 N–H and O–H groups in total. The van der Waals surface area contributed by atoms with Gasteiger partial charge >= 0.3 is 8.80 Å². The maximum atomic E-state index is 6.16. The molecule has 0 atom stereocenters. The van der Waals surface area contributed by atoms with Gasteiger partial charge in [-0.3, -0.25) is 0 Å². The van der Waals surface area contributed by atoms with Crippen molar-refractivity contribution in [2.45, 2.75) is 6.04 Å². The van der Waals surface area contributed by atoms with Gasteiger partial charge in [0, 0.05) is 25.7 Å².